The van der Waals surface area contributed by atoms with Crippen molar-refractivity contribution >= 4 is 5.97 Å². The SMILES string of the molecule is CC(=O)O[C@@H]1O[C@@H]2COC(C)(C)O[C@H]2[C@H](OCc2ccccc2)[C@H]1O. The Morgan fingerprint density at radius 3 is 2.72 bits per heavy atom. The first-order chi connectivity index (χ1) is 11.9. The zero-order chi connectivity index (χ0) is 18.0. The number of carbonyl (C=O) groups excluding carboxylic acids is 1. The van der Waals surface area contributed by atoms with Crippen LogP contribution in [0.4, 0.5) is 0 Å². The Morgan fingerprint density at radius 2 is 2.04 bits per heavy atom. The van der Waals surface area contributed by atoms with E-state index >= 15 is 0 Å². The summed E-state index contributed by atoms with van der Waals surface area (Å²) in [5.74, 6) is -1.35. The van der Waals surface area contributed by atoms with Gasteiger partial charge in [0, 0.05) is 6.92 Å². The molecule has 0 radical (unpaired) electrons. The van der Waals surface area contributed by atoms with Crippen LogP contribution in [0.15, 0.2) is 30.3 Å². The number of aliphatic hydroxyl groups is 1. The van der Waals surface area contributed by atoms with Crippen LogP contribution in [0.5, 0.6) is 0 Å². The van der Waals surface area contributed by atoms with Crippen molar-refractivity contribution in [1.82, 2.24) is 0 Å². The maximum Gasteiger partial charge on any atom is 0.305 e. The second-order valence-corrected chi connectivity index (χ2v) is 6.70. The zero-order valence-electron chi connectivity index (χ0n) is 14.6. The molecule has 1 aromatic rings. The van der Waals surface area contributed by atoms with Gasteiger partial charge in [0.25, 0.3) is 0 Å². The van der Waals surface area contributed by atoms with Crippen molar-refractivity contribution in [2.45, 2.75) is 63.9 Å². The van der Waals surface area contributed by atoms with E-state index in [4.69, 9.17) is 23.7 Å². The Hall–Kier alpha value is -1.51. The molecule has 25 heavy (non-hydrogen) atoms. The van der Waals surface area contributed by atoms with Gasteiger partial charge in [0.2, 0.25) is 6.29 Å². The second-order valence-electron chi connectivity index (χ2n) is 6.70. The number of aliphatic hydroxyl groups excluding tert-OH is 1. The molecule has 0 amide bonds. The summed E-state index contributed by atoms with van der Waals surface area (Å²) in [5.41, 5.74) is 0.966. The summed E-state index contributed by atoms with van der Waals surface area (Å²) < 4.78 is 28.2. The van der Waals surface area contributed by atoms with Gasteiger partial charge in [-0.1, -0.05) is 30.3 Å². The molecule has 3 rings (SSSR count). The van der Waals surface area contributed by atoms with Crippen LogP contribution >= 0.6 is 0 Å². The lowest BCUT2D eigenvalue weighted by Crippen LogP contribution is -2.65. The Balaban J connectivity index is 1.76. The van der Waals surface area contributed by atoms with E-state index in [1.54, 1.807) is 13.8 Å². The third kappa shape index (κ3) is 4.37. The molecule has 2 fully saturated rings. The molecule has 0 unspecified atom stereocenters. The molecule has 2 heterocycles. The molecular weight excluding hydrogens is 328 g/mol. The molecule has 0 saturated carbocycles. The number of benzene rings is 1. The molecule has 5 atom stereocenters. The van der Waals surface area contributed by atoms with Crippen molar-refractivity contribution in [1.29, 1.82) is 0 Å². The van der Waals surface area contributed by atoms with Crippen molar-refractivity contribution in [2.75, 3.05) is 6.61 Å². The van der Waals surface area contributed by atoms with Gasteiger partial charge in [-0.05, 0) is 19.4 Å². The molecule has 2 aliphatic rings. The first-order valence-corrected chi connectivity index (χ1v) is 8.34. The summed E-state index contributed by atoms with van der Waals surface area (Å²) in [7, 11) is 0. The molecule has 0 bridgehead atoms. The van der Waals surface area contributed by atoms with Gasteiger partial charge in [-0.3, -0.25) is 4.79 Å². The number of rotatable bonds is 4. The van der Waals surface area contributed by atoms with Gasteiger partial charge >= 0.3 is 5.97 Å². The van der Waals surface area contributed by atoms with E-state index in [1.165, 1.54) is 6.92 Å². The number of ether oxygens (including phenoxy) is 5. The van der Waals surface area contributed by atoms with Crippen LogP contribution < -0.4 is 0 Å². The predicted octanol–water partition coefficient (Wildman–Crippen LogP) is 1.37. The summed E-state index contributed by atoms with van der Waals surface area (Å²) in [6.07, 6.45) is -4.03. The summed E-state index contributed by atoms with van der Waals surface area (Å²) in [6, 6.07) is 9.61. The van der Waals surface area contributed by atoms with E-state index in [2.05, 4.69) is 0 Å². The normalized spacial score (nSPS) is 34.2. The number of carbonyl (C=O) groups is 1. The zero-order valence-corrected chi connectivity index (χ0v) is 14.6. The molecule has 1 N–H and O–H groups in total. The minimum atomic E-state index is -1.16. The fraction of sp³-hybridized carbons (Fsp3) is 0.611. The Morgan fingerprint density at radius 1 is 1.32 bits per heavy atom. The molecule has 0 aromatic heterocycles. The van der Waals surface area contributed by atoms with Gasteiger partial charge in [-0.25, -0.2) is 0 Å². The summed E-state index contributed by atoms with van der Waals surface area (Å²) in [5, 5.41) is 10.6. The van der Waals surface area contributed by atoms with Gasteiger partial charge in [-0.15, -0.1) is 0 Å². The van der Waals surface area contributed by atoms with Crippen molar-refractivity contribution < 1.29 is 33.6 Å². The molecule has 7 nitrogen and oxygen atoms in total. The van der Waals surface area contributed by atoms with Crippen molar-refractivity contribution in [2.24, 2.45) is 0 Å². The summed E-state index contributed by atoms with van der Waals surface area (Å²) in [4.78, 5) is 11.3. The molecule has 0 aliphatic carbocycles. The highest BCUT2D eigenvalue weighted by Crippen LogP contribution is 2.34. The molecule has 7 heteroatoms. The van der Waals surface area contributed by atoms with Gasteiger partial charge < -0.3 is 28.8 Å². The van der Waals surface area contributed by atoms with E-state index in [0.29, 0.717) is 6.61 Å². The number of hydrogen-bond donors (Lipinski definition) is 1. The predicted molar refractivity (Wildman–Crippen MR) is 86.4 cm³/mol. The van der Waals surface area contributed by atoms with Crippen LogP contribution in [0.3, 0.4) is 0 Å². The topological polar surface area (TPSA) is 83.5 Å². The highest BCUT2D eigenvalue weighted by molar-refractivity contribution is 5.66. The summed E-state index contributed by atoms with van der Waals surface area (Å²) in [6.45, 7) is 5.40. The first kappa shape index (κ1) is 18.3. The van der Waals surface area contributed by atoms with Gasteiger partial charge in [-0.2, -0.15) is 0 Å². The molecule has 0 spiro atoms. The lowest BCUT2D eigenvalue weighted by Gasteiger charge is -2.49. The fourth-order valence-electron chi connectivity index (χ4n) is 3.03. The molecule has 138 valence electrons. The van der Waals surface area contributed by atoms with E-state index in [0.717, 1.165) is 5.56 Å². The van der Waals surface area contributed by atoms with Crippen molar-refractivity contribution in [3.63, 3.8) is 0 Å². The van der Waals surface area contributed by atoms with E-state index in [9.17, 15) is 9.90 Å². The highest BCUT2D eigenvalue weighted by atomic mass is 16.8. The smallest absolute Gasteiger partial charge is 0.305 e. The van der Waals surface area contributed by atoms with Crippen molar-refractivity contribution in [3.05, 3.63) is 35.9 Å². The average Bonchev–Trinajstić information content (AvgIpc) is 2.55. The number of hydrogen-bond acceptors (Lipinski definition) is 7. The number of fused-ring (bicyclic) bond motifs is 1. The first-order valence-electron chi connectivity index (χ1n) is 8.34. The minimum Gasteiger partial charge on any atom is -0.433 e. The monoisotopic (exact) mass is 352 g/mol. The number of esters is 1. The third-order valence-corrected chi connectivity index (χ3v) is 4.20. The van der Waals surface area contributed by atoms with Gasteiger partial charge in [0.15, 0.2) is 5.79 Å². The molecule has 2 saturated heterocycles. The van der Waals surface area contributed by atoms with Crippen LogP contribution in [0.2, 0.25) is 0 Å². The van der Waals surface area contributed by atoms with E-state index in [-0.39, 0.29) is 6.61 Å². The maximum atomic E-state index is 11.3. The molecule has 2 aliphatic heterocycles. The third-order valence-electron chi connectivity index (χ3n) is 4.20. The minimum absolute atomic E-state index is 0.257. The van der Waals surface area contributed by atoms with Crippen LogP contribution in [0, 0.1) is 0 Å². The second kappa shape index (κ2) is 7.39. The lowest BCUT2D eigenvalue weighted by molar-refractivity contribution is -0.382. The van der Waals surface area contributed by atoms with Crippen LogP contribution in [0.1, 0.15) is 26.3 Å². The maximum absolute atomic E-state index is 11.3. The van der Waals surface area contributed by atoms with Crippen LogP contribution in [-0.2, 0) is 35.1 Å². The highest BCUT2D eigenvalue weighted by Gasteiger charge is 2.52. The van der Waals surface area contributed by atoms with Crippen LogP contribution in [0.25, 0.3) is 0 Å². The summed E-state index contributed by atoms with van der Waals surface area (Å²) >= 11 is 0. The largest absolute Gasteiger partial charge is 0.433 e. The standard InChI is InChI=1S/C18H24O7/c1-11(19)23-17-14(20)16(21-9-12-7-5-4-6-8-12)15-13(24-17)10-22-18(2,3)25-15/h4-8,13-17,20H,9-10H2,1-3H3/t13-,14-,15-,16-,17-/m1/s1. The quantitative estimate of drug-likeness (QED) is 0.820. The van der Waals surface area contributed by atoms with Crippen molar-refractivity contribution in [3.8, 4) is 0 Å². The van der Waals surface area contributed by atoms with Gasteiger partial charge in [0.1, 0.15) is 24.4 Å². The van der Waals surface area contributed by atoms with E-state index in [1.807, 2.05) is 30.3 Å². The van der Waals surface area contributed by atoms with E-state index < -0.39 is 42.5 Å². The molecule has 1 aromatic carbocycles. The lowest BCUT2D eigenvalue weighted by atomic mass is 9.97. The Bertz CT molecular complexity index is 588. The fourth-order valence-corrected chi connectivity index (χ4v) is 3.03. The Kier molecular flexibility index (Phi) is 5.41. The van der Waals surface area contributed by atoms with Crippen LogP contribution in [-0.4, -0.2) is 54.2 Å². The molecular formula is C18H24O7. The Labute approximate surface area is 146 Å². The van der Waals surface area contributed by atoms with Gasteiger partial charge in [0.05, 0.1) is 13.2 Å². The average molecular weight is 352 g/mol.